The lowest BCUT2D eigenvalue weighted by molar-refractivity contribution is 0.370. The first-order chi connectivity index (χ1) is 18.2. The van der Waals surface area contributed by atoms with Gasteiger partial charge in [0, 0.05) is 11.1 Å². The SMILES string of the molecule is C#CCOc1ccc(/C=c2/sc3n(c2=O)[C@@H](c2ccccc2OC)C2=C(N=3)c3ccccc3CC2)cc1. The van der Waals surface area contributed by atoms with Crippen LogP contribution in [-0.4, -0.2) is 18.3 Å². The molecular formula is C31H24N2O3S. The maximum absolute atomic E-state index is 13.9. The topological polar surface area (TPSA) is 52.8 Å². The van der Waals surface area contributed by atoms with Crippen LogP contribution in [-0.2, 0) is 6.42 Å². The van der Waals surface area contributed by atoms with E-state index in [0.717, 1.165) is 46.6 Å². The Balaban J connectivity index is 1.55. The fraction of sp³-hybridized carbons (Fsp3) is 0.161. The van der Waals surface area contributed by atoms with Gasteiger partial charge in [-0.15, -0.1) is 6.42 Å². The molecule has 0 saturated carbocycles. The molecule has 0 spiro atoms. The lowest BCUT2D eigenvalue weighted by Crippen LogP contribution is -2.38. The molecule has 182 valence electrons. The zero-order valence-corrected chi connectivity index (χ0v) is 21.1. The Labute approximate surface area is 218 Å². The molecular weight excluding hydrogens is 480 g/mol. The number of rotatable bonds is 5. The van der Waals surface area contributed by atoms with E-state index in [2.05, 4.69) is 30.2 Å². The van der Waals surface area contributed by atoms with Crippen LogP contribution in [0.4, 0.5) is 0 Å². The number of fused-ring (bicyclic) bond motifs is 3. The molecule has 0 N–H and O–H groups in total. The van der Waals surface area contributed by atoms with Gasteiger partial charge >= 0.3 is 0 Å². The molecule has 3 aromatic carbocycles. The summed E-state index contributed by atoms with van der Waals surface area (Å²) in [6, 6.07) is 23.6. The Kier molecular flexibility index (Phi) is 5.99. The van der Waals surface area contributed by atoms with Gasteiger partial charge in [-0.25, -0.2) is 4.99 Å². The van der Waals surface area contributed by atoms with Crippen molar-refractivity contribution in [1.82, 2.24) is 4.57 Å². The summed E-state index contributed by atoms with van der Waals surface area (Å²) >= 11 is 1.41. The monoisotopic (exact) mass is 504 g/mol. The zero-order chi connectivity index (χ0) is 25.4. The van der Waals surface area contributed by atoms with Crippen LogP contribution in [0.15, 0.2) is 88.2 Å². The highest BCUT2D eigenvalue weighted by Crippen LogP contribution is 2.43. The molecule has 0 bridgehead atoms. The van der Waals surface area contributed by atoms with E-state index in [9.17, 15) is 4.79 Å². The molecule has 0 radical (unpaired) electrons. The fourth-order valence-electron chi connectivity index (χ4n) is 5.13. The number of hydrogen-bond donors (Lipinski definition) is 0. The predicted molar refractivity (Wildman–Crippen MR) is 147 cm³/mol. The highest BCUT2D eigenvalue weighted by atomic mass is 32.1. The van der Waals surface area contributed by atoms with E-state index in [1.807, 2.05) is 59.2 Å². The minimum Gasteiger partial charge on any atom is -0.496 e. The normalized spacial score (nSPS) is 16.2. The van der Waals surface area contributed by atoms with Crippen molar-refractivity contribution in [2.75, 3.05) is 13.7 Å². The Morgan fingerprint density at radius 1 is 1.08 bits per heavy atom. The number of hydrogen-bond acceptors (Lipinski definition) is 5. The van der Waals surface area contributed by atoms with Crippen molar-refractivity contribution < 1.29 is 9.47 Å². The summed E-state index contributed by atoms with van der Waals surface area (Å²) in [7, 11) is 1.67. The maximum atomic E-state index is 13.9. The number of benzene rings is 3. The highest BCUT2D eigenvalue weighted by Gasteiger charge is 2.33. The molecule has 2 heterocycles. The summed E-state index contributed by atoms with van der Waals surface area (Å²) in [5.41, 5.74) is 6.37. The Bertz CT molecular complexity index is 1750. The molecule has 5 nitrogen and oxygen atoms in total. The first-order valence-electron chi connectivity index (χ1n) is 12.1. The quantitative estimate of drug-likeness (QED) is 0.380. The summed E-state index contributed by atoms with van der Waals surface area (Å²) in [4.78, 5) is 19.7. The van der Waals surface area contributed by atoms with Crippen molar-refractivity contribution in [3.05, 3.63) is 120 Å². The molecule has 1 aliphatic carbocycles. The molecule has 0 fully saturated rings. The van der Waals surface area contributed by atoms with Gasteiger partial charge in [-0.05, 0) is 53.8 Å². The second-order valence-electron chi connectivity index (χ2n) is 8.92. The van der Waals surface area contributed by atoms with Gasteiger partial charge in [0.1, 0.15) is 18.1 Å². The highest BCUT2D eigenvalue weighted by molar-refractivity contribution is 7.07. The van der Waals surface area contributed by atoms with Gasteiger partial charge in [0.2, 0.25) is 0 Å². The first kappa shape index (κ1) is 23.1. The number of nitrogens with zero attached hydrogens (tertiary/aromatic N) is 2. The molecule has 0 amide bonds. The minimum absolute atomic E-state index is 0.0577. The third kappa shape index (κ3) is 4.08. The average molecular weight is 505 g/mol. The predicted octanol–water partition coefficient (Wildman–Crippen LogP) is 4.34. The lowest BCUT2D eigenvalue weighted by Gasteiger charge is -2.31. The van der Waals surface area contributed by atoms with Gasteiger partial charge in [0.25, 0.3) is 5.56 Å². The standard InChI is InChI=1S/C31H24N2O3S/c1-3-18-36-22-15-12-20(13-16-22)19-27-30(34)33-29(24-10-6-7-11-26(24)35-2)25-17-14-21-8-4-5-9-23(21)28(25)32-31(33)37-27/h1,4-13,15-16,19,29H,14,17-18H2,2H3/b27-19+/t29-/m0/s1. The summed E-state index contributed by atoms with van der Waals surface area (Å²) in [6.07, 6.45) is 8.93. The summed E-state index contributed by atoms with van der Waals surface area (Å²) in [6.45, 7) is 0.217. The number of aromatic nitrogens is 1. The van der Waals surface area contributed by atoms with Gasteiger partial charge < -0.3 is 9.47 Å². The van der Waals surface area contributed by atoms with Crippen molar-refractivity contribution >= 4 is 23.1 Å². The van der Waals surface area contributed by atoms with Crippen molar-refractivity contribution in [1.29, 1.82) is 0 Å². The number of methoxy groups -OCH3 is 1. The van der Waals surface area contributed by atoms with E-state index < -0.39 is 0 Å². The van der Waals surface area contributed by atoms with Crippen LogP contribution < -0.4 is 24.4 Å². The van der Waals surface area contributed by atoms with Crippen LogP contribution in [0.5, 0.6) is 11.5 Å². The number of ether oxygens (including phenoxy) is 2. The summed E-state index contributed by atoms with van der Waals surface area (Å²) in [5.74, 6) is 3.92. The van der Waals surface area contributed by atoms with Gasteiger partial charge in [-0.2, -0.15) is 0 Å². The van der Waals surface area contributed by atoms with Gasteiger partial charge in [0.15, 0.2) is 4.80 Å². The van der Waals surface area contributed by atoms with Crippen LogP contribution in [0, 0.1) is 12.3 Å². The fourth-order valence-corrected chi connectivity index (χ4v) is 6.13. The van der Waals surface area contributed by atoms with Gasteiger partial charge in [-0.1, -0.05) is 71.9 Å². The number of thiazole rings is 1. The van der Waals surface area contributed by atoms with E-state index >= 15 is 0 Å². The van der Waals surface area contributed by atoms with Crippen molar-refractivity contribution in [3.63, 3.8) is 0 Å². The van der Waals surface area contributed by atoms with E-state index in [0.29, 0.717) is 15.1 Å². The number of allylic oxidation sites excluding steroid dienone is 1. The first-order valence-corrected chi connectivity index (χ1v) is 12.9. The molecule has 4 aromatic rings. The van der Waals surface area contributed by atoms with E-state index in [4.69, 9.17) is 20.9 Å². The molecule has 37 heavy (non-hydrogen) atoms. The van der Waals surface area contributed by atoms with Crippen LogP contribution in [0.2, 0.25) is 0 Å². The molecule has 6 heteroatoms. The summed E-state index contributed by atoms with van der Waals surface area (Å²) in [5, 5.41) is 0. The van der Waals surface area contributed by atoms with Crippen LogP contribution in [0.1, 0.15) is 34.7 Å². The van der Waals surface area contributed by atoms with Crippen LogP contribution in [0.25, 0.3) is 11.8 Å². The number of aryl methyl sites for hydroxylation is 1. The zero-order valence-electron chi connectivity index (χ0n) is 20.3. The third-order valence-electron chi connectivity index (χ3n) is 6.81. The minimum atomic E-state index is -0.280. The molecule has 1 atom stereocenters. The van der Waals surface area contributed by atoms with Crippen LogP contribution >= 0.6 is 11.3 Å². The van der Waals surface area contributed by atoms with Crippen molar-refractivity contribution in [2.24, 2.45) is 4.99 Å². The van der Waals surface area contributed by atoms with Gasteiger partial charge in [0.05, 0.1) is 23.4 Å². The number of terminal acetylenes is 1. The third-order valence-corrected chi connectivity index (χ3v) is 7.79. The smallest absolute Gasteiger partial charge is 0.271 e. The van der Waals surface area contributed by atoms with E-state index in [-0.39, 0.29) is 18.2 Å². The van der Waals surface area contributed by atoms with Crippen molar-refractivity contribution in [3.8, 4) is 23.8 Å². The van der Waals surface area contributed by atoms with E-state index in [1.54, 1.807) is 7.11 Å². The van der Waals surface area contributed by atoms with Crippen molar-refractivity contribution in [2.45, 2.75) is 18.9 Å². The second-order valence-corrected chi connectivity index (χ2v) is 9.93. The molecule has 2 aliphatic rings. The molecule has 1 aliphatic heterocycles. The van der Waals surface area contributed by atoms with E-state index in [1.165, 1.54) is 16.9 Å². The largest absolute Gasteiger partial charge is 0.496 e. The van der Waals surface area contributed by atoms with Crippen LogP contribution in [0.3, 0.4) is 0 Å². The molecule has 0 saturated heterocycles. The Morgan fingerprint density at radius 2 is 1.86 bits per heavy atom. The number of para-hydroxylation sites is 1. The molecule has 0 unspecified atom stereocenters. The lowest BCUT2D eigenvalue weighted by atomic mass is 9.83. The average Bonchev–Trinajstić information content (AvgIpc) is 3.25. The van der Waals surface area contributed by atoms with Gasteiger partial charge in [-0.3, -0.25) is 9.36 Å². The molecule has 6 rings (SSSR count). The summed E-state index contributed by atoms with van der Waals surface area (Å²) < 4.78 is 13.7. The Hall–Kier alpha value is -4.34. The maximum Gasteiger partial charge on any atom is 0.271 e. The second kappa shape index (κ2) is 9.61. The molecule has 1 aromatic heterocycles. The Morgan fingerprint density at radius 3 is 2.68 bits per heavy atom.